The molecule has 2 fully saturated rings. The zero-order valence-electron chi connectivity index (χ0n) is 14.8. The summed E-state index contributed by atoms with van der Waals surface area (Å²) in [4.78, 5) is 27.6. The maximum atomic E-state index is 12.2. The summed E-state index contributed by atoms with van der Waals surface area (Å²) in [6, 6.07) is 4.21. The molecule has 2 heterocycles. The molecule has 2 aliphatic rings. The van der Waals surface area contributed by atoms with Gasteiger partial charge in [-0.25, -0.2) is 4.79 Å². The average Bonchev–Trinajstić information content (AvgIpc) is 3.27. The van der Waals surface area contributed by atoms with Crippen LogP contribution >= 0.6 is 11.3 Å². The van der Waals surface area contributed by atoms with Crippen LogP contribution in [0.3, 0.4) is 0 Å². The summed E-state index contributed by atoms with van der Waals surface area (Å²) in [7, 11) is 0. The van der Waals surface area contributed by atoms with Crippen LogP contribution in [0, 0.1) is 5.92 Å². The molecule has 5 nitrogen and oxygen atoms in total. The first-order valence-corrected chi connectivity index (χ1v) is 10.4. The molecule has 0 radical (unpaired) electrons. The number of nitrogens with zero attached hydrogens (tertiary/aromatic N) is 1. The van der Waals surface area contributed by atoms with Gasteiger partial charge in [0.1, 0.15) is 0 Å². The number of rotatable bonds is 6. The standard InChI is InChI=1S/C19H29N3O2S/c23-18(21-19(24)20-11-10-16-8-5-13-25-16)14-22-12-4-9-17(22)15-6-2-1-3-7-15/h5,8,13,15,17H,1-4,6-7,9-12,14H2,(H2,20,21,23,24)/t17-/m0/s1. The number of likely N-dealkylation sites (tertiary alicyclic amines) is 1. The number of carbonyl (C=O) groups excluding carboxylic acids is 2. The van der Waals surface area contributed by atoms with Gasteiger partial charge in [-0.2, -0.15) is 0 Å². The summed E-state index contributed by atoms with van der Waals surface area (Å²) in [5.41, 5.74) is 0. The van der Waals surface area contributed by atoms with Crippen molar-refractivity contribution in [2.24, 2.45) is 5.92 Å². The Morgan fingerprint density at radius 1 is 1.16 bits per heavy atom. The van der Waals surface area contributed by atoms with Crippen molar-refractivity contribution in [2.75, 3.05) is 19.6 Å². The number of urea groups is 1. The molecule has 6 heteroatoms. The van der Waals surface area contributed by atoms with Crippen molar-refractivity contribution in [2.45, 2.75) is 57.4 Å². The molecule has 1 aromatic rings. The summed E-state index contributed by atoms with van der Waals surface area (Å²) < 4.78 is 0. The van der Waals surface area contributed by atoms with Crippen molar-refractivity contribution in [1.29, 1.82) is 0 Å². The number of nitrogens with one attached hydrogen (secondary N) is 2. The monoisotopic (exact) mass is 363 g/mol. The van der Waals surface area contributed by atoms with Gasteiger partial charge in [-0.1, -0.05) is 25.3 Å². The van der Waals surface area contributed by atoms with Crippen LogP contribution in [0.25, 0.3) is 0 Å². The predicted molar refractivity (Wildman–Crippen MR) is 101 cm³/mol. The average molecular weight is 364 g/mol. The zero-order chi connectivity index (χ0) is 17.5. The van der Waals surface area contributed by atoms with Crippen LogP contribution in [-0.2, 0) is 11.2 Å². The summed E-state index contributed by atoms with van der Waals surface area (Å²) >= 11 is 1.68. The lowest BCUT2D eigenvalue weighted by Crippen LogP contribution is -2.47. The molecule has 0 bridgehead atoms. The minimum Gasteiger partial charge on any atom is -0.337 e. The predicted octanol–water partition coefficient (Wildman–Crippen LogP) is 3.16. The molecule has 25 heavy (non-hydrogen) atoms. The Balaban J connectivity index is 1.38. The Bertz CT molecular complexity index is 555. The fourth-order valence-corrected chi connectivity index (χ4v) is 4.96. The van der Waals surface area contributed by atoms with Crippen LogP contribution in [0.2, 0.25) is 0 Å². The van der Waals surface area contributed by atoms with Crippen LogP contribution < -0.4 is 10.6 Å². The minimum atomic E-state index is -0.380. The number of hydrogen-bond acceptors (Lipinski definition) is 4. The lowest BCUT2D eigenvalue weighted by molar-refractivity contribution is -0.121. The Hall–Kier alpha value is -1.40. The van der Waals surface area contributed by atoms with E-state index < -0.39 is 0 Å². The van der Waals surface area contributed by atoms with Crippen molar-refractivity contribution in [3.63, 3.8) is 0 Å². The molecule has 1 saturated carbocycles. The molecular weight excluding hydrogens is 334 g/mol. The Labute approximate surface area is 154 Å². The summed E-state index contributed by atoms with van der Waals surface area (Å²) in [6.07, 6.45) is 9.77. The van der Waals surface area contributed by atoms with Gasteiger partial charge in [-0.05, 0) is 56.0 Å². The van der Waals surface area contributed by atoms with Crippen LogP contribution in [-0.4, -0.2) is 42.5 Å². The van der Waals surface area contributed by atoms with Crippen molar-refractivity contribution in [3.8, 4) is 0 Å². The maximum Gasteiger partial charge on any atom is 0.321 e. The Morgan fingerprint density at radius 2 is 2.00 bits per heavy atom. The van der Waals surface area contributed by atoms with E-state index in [1.807, 2.05) is 17.5 Å². The lowest BCUT2D eigenvalue weighted by Gasteiger charge is -2.33. The third kappa shape index (κ3) is 5.54. The highest BCUT2D eigenvalue weighted by molar-refractivity contribution is 7.09. The van der Waals surface area contributed by atoms with E-state index in [9.17, 15) is 9.59 Å². The molecule has 1 saturated heterocycles. The maximum absolute atomic E-state index is 12.2. The van der Waals surface area contributed by atoms with E-state index >= 15 is 0 Å². The molecule has 1 aliphatic carbocycles. The van der Waals surface area contributed by atoms with Gasteiger partial charge in [0.2, 0.25) is 5.91 Å². The highest BCUT2D eigenvalue weighted by Gasteiger charge is 2.33. The molecule has 3 amide bonds. The summed E-state index contributed by atoms with van der Waals surface area (Å²) in [5, 5.41) is 7.28. The number of carbonyl (C=O) groups is 2. The number of thiophene rings is 1. The summed E-state index contributed by atoms with van der Waals surface area (Å²) in [6.45, 7) is 1.88. The van der Waals surface area contributed by atoms with E-state index in [1.165, 1.54) is 49.8 Å². The fraction of sp³-hybridized carbons (Fsp3) is 0.684. The topological polar surface area (TPSA) is 61.4 Å². The highest BCUT2D eigenvalue weighted by Crippen LogP contribution is 2.33. The second-order valence-electron chi connectivity index (χ2n) is 7.21. The molecule has 0 aromatic carbocycles. The van der Waals surface area contributed by atoms with Crippen LogP contribution in [0.15, 0.2) is 17.5 Å². The molecule has 0 unspecified atom stereocenters. The lowest BCUT2D eigenvalue weighted by atomic mass is 9.83. The third-order valence-corrected chi connectivity index (χ3v) is 6.38. The number of imide groups is 1. The fourth-order valence-electron chi connectivity index (χ4n) is 4.25. The van der Waals surface area contributed by atoms with Gasteiger partial charge >= 0.3 is 6.03 Å². The minimum absolute atomic E-state index is 0.184. The van der Waals surface area contributed by atoms with Gasteiger partial charge in [0, 0.05) is 17.5 Å². The molecule has 0 spiro atoms. The normalized spacial score (nSPS) is 22.0. The number of hydrogen-bond donors (Lipinski definition) is 2. The van der Waals surface area contributed by atoms with Gasteiger partial charge in [0.15, 0.2) is 0 Å². The van der Waals surface area contributed by atoms with Gasteiger partial charge in [0.05, 0.1) is 6.54 Å². The molecule has 1 atom stereocenters. The van der Waals surface area contributed by atoms with Gasteiger partial charge < -0.3 is 5.32 Å². The van der Waals surface area contributed by atoms with E-state index in [1.54, 1.807) is 11.3 Å². The third-order valence-electron chi connectivity index (χ3n) is 5.44. The van der Waals surface area contributed by atoms with E-state index in [-0.39, 0.29) is 11.9 Å². The molecule has 3 rings (SSSR count). The first-order chi connectivity index (χ1) is 12.2. The zero-order valence-corrected chi connectivity index (χ0v) is 15.7. The first kappa shape index (κ1) is 18.4. The molecular formula is C19H29N3O2S. The van der Waals surface area contributed by atoms with Gasteiger partial charge in [-0.15, -0.1) is 11.3 Å². The van der Waals surface area contributed by atoms with Crippen LogP contribution in [0.5, 0.6) is 0 Å². The Kier molecular flexibility index (Phi) is 6.87. The number of amides is 3. The van der Waals surface area contributed by atoms with Crippen molar-refractivity contribution < 1.29 is 9.59 Å². The Morgan fingerprint density at radius 3 is 2.76 bits per heavy atom. The molecule has 2 N–H and O–H groups in total. The van der Waals surface area contributed by atoms with E-state index in [2.05, 4.69) is 15.5 Å². The smallest absolute Gasteiger partial charge is 0.321 e. The molecule has 1 aromatic heterocycles. The first-order valence-electron chi connectivity index (χ1n) is 9.56. The second-order valence-corrected chi connectivity index (χ2v) is 8.24. The quantitative estimate of drug-likeness (QED) is 0.816. The van der Waals surface area contributed by atoms with Crippen molar-refractivity contribution in [1.82, 2.24) is 15.5 Å². The van der Waals surface area contributed by atoms with Crippen molar-refractivity contribution >= 4 is 23.3 Å². The van der Waals surface area contributed by atoms with Crippen LogP contribution in [0.1, 0.15) is 49.8 Å². The van der Waals surface area contributed by atoms with E-state index in [0.29, 0.717) is 19.1 Å². The largest absolute Gasteiger partial charge is 0.337 e. The van der Waals surface area contributed by atoms with E-state index in [0.717, 1.165) is 18.9 Å². The second kappa shape index (κ2) is 9.34. The highest BCUT2D eigenvalue weighted by atomic mass is 32.1. The van der Waals surface area contributed by atoms with E-state index in [4.69, 9.17) is 0 Å². The molecule has 138 valence electrons. The van der Waals surface area contributed by atoms with Gasteiger partial charge in [0.25, 0.3) is 0 Å². The van der Waals surface area contributed by atoms with Gasteiger partial charge in [-0.3, -0.25) is 15.0 Å². The SMILES string of the molecule is O=C(CN1CCC[C@H]1C1CCCCC1)NC(=O)NCCc1cccs1. The van der Waals surface area contributed by atoms with Crippen LogP contribution in [0.4, 0.5) is 4.79 Å². The summed E-state index contributed by atoms with van der Waals surface area (Å²) in [5.74, 6) is 0.556. The van der Waals surface area contributed by atoms with Crippen molar-refractivity contribution in [3.05, 3.63) is 22.4 Å². The molecule has 1 aliphatic heterocycles.